The van der Waals surface area contributed by atoms with Gasteiger partial charge in [-0.1, -0.05) is 58.8 Å². The van der Waals surface area contributed by atoms with E-state index in [1.807, 2.05) is 6.92 Å². The number of hydrogen-bond acceptors (Lipinski definition) is 8. The molecule has 10 nitrogen and oxygen atoms in total. The number of esters is 1. The molecule has 0 radical (unpaired) electrons. The van der Waals surface area contributed by atoms with Gasteiger partial charge in [0.1, 0.15) is 6.10 Å². The Morgan fingerprint density at radius 3 is 1.83 bits per heavy atom. The molecule has 36 heavy (non-hydrogen) atoms. The summed E-state index contributed by atoms with van der Waals surface area (Å²) < 4.78 is 35.7. The Hall–Kier alpha value is -1.27. The summed E-state index contributed by atoms with van der Waals surface area (Å²) in [7, 11) is -4.26. The summed E-state index contributed by atoms with van der Waals surface area (Å²) in [6.45, 7) is 3.66. The number of amides is 1. The first-order valence-corrected chi connectivity index (χ1v) is 15.1. The van der Waals surface area contributed by atoms with Crippen LogP contribution in [0.4, 0.5) is 0 Å². The van der Waals surface area contributed by atoms with Crippen molar-refractivity contribution >= 4 is 22.0 Å². The van der Waals surface area contributed by atoms with Crippen molar-refractivity contribution in [1.29, 1.82) is 0 Å². The first kappa shape index (κ1) is 34.7. The molecule has 0 spiro atoms. The normalized spacial score (nSPS) is 15.2. The fourth-order valence-corrected chi connectivity index (χ4v) is 4.18. The summed E-state index contributed by atoms with van der Waals surface area (Å²) in [5.74, 6) is -2.13. The molecule has 0 aromatic heterocycles. The molecule has 0 fully saturated rings. The lowest BCUT2D eigenvalue weighted by Gasteiger charge is -2.23. The summed E-state index contributed by atoms with van der Waals surface area (Å²) >= 11 is 0. The molecular formula is C25H49NO9S. The number of nitrogens with one attached hydrogen (secondary N) is 1. The van der Waals surface area contributed by atoms with Gasteiger partial charge in [-0.15, -0.1) is 0 Å². The predicted octanol–water partition coefficient (Wildman–Crippen LogP) is 2.88. The van der Waals surface area contributed by atoms with E-state index in [1.165, 1.54) is 0 Å². The lowest BCUT2D eigenvalue weighted by molar-refractivity contribution is -0.159. The van der Waals surface area contributed by atoms with Gasteiger partial charge in [0, 0.05) is 13.0 Å². The maximum atomic E-state index is 12.2. The van der Waals surface area contributed by atoms with E-state index in [0.29, 0.717) is 25.7 Å². The van der Waals surface area contributed by atoms with Crippen LogP contribution in [-0.4, -0.2) is 76.9 Å². The highest BCUT2D eigenvalue weighted by molar-refractivity contribution is 7.85. The second kappa shape index (κ2) is 20.7. The van der Waals surface area contributed by atoms with E-state index in [9.17, 15) is 33.3 Å². The highest BCUT2D eigenvalue weighted by Crippen LogP contribution is 2.17. The van der Waals surface area contributed by atoms with Crippen LogP contribution in [0.3, 0.4) is 0 Å². The molecule has 0 aliphatic carbocycles. The number of rotatable bonds is 23. The lowest BCUT2D eigenvalue weighted by atomic mass is 10.00. The highest BCUT2D eigenvalue weighted by atomic mass is 32.2. The van der Waals surface area contributed by atoms with Gasteiger partial charge in [0.25, 0.3) is 16.0 Å². The maximum absolute atomic E-state index is 12.2. The molecule has 0 bridgehead atoms. The van der Waals surface area contributed by atoms with Crippen molar-refractivity contribution in [3.05, 3.63) is 0 Å². The van der Waals surface area contributed by atoms with Crippen LogP contribution in [0.2, 0.25) is 0 Å². The minimum Gasteiger partial charge on any atom is -0.459 e. The minimum atomic E-state index is -4.26. The van der Waals surface area contributed by atoms with E-state index in [1.54, 1.807) is 0 Å². The molecule has 4 atom stereocenters. The quantitative estimate of drug-likeness (QED) is 0.0744. The van der Waals surface area contributed by atoms with Gasteiger partial charge in [0.15, 0.2) is 6.10 Å². The monoisotopic (exact) mass is 539 g/mol. The van der Waals surface area contributed by atoms with E-state index >= 15 is 0 Å². The van der Waals surface area contributed by atoms with Gasteiger partial charge >= 0.3 is 5.97 Å². The van der Waals surface area contributed by atoms with Crippen molar-refractivity contribution in [3.63, 3.8) is 0 Å². The molecule has 0 saturated heterocycles. The van der Waals surface area contributed by atoms with Gasteiger partial charge in [-0.3, -0.25) is 14.1 Å². The number of aliphatic hydroxyl groups is 3. The third-order valence-corrected chi connectivity index (χ3v) is 6.76. The average molecular weight is 540 g/mol. The number of aliphatic hydroxyl groups excluding tert-OH is 3. The highest BCUT2D eigenvalue weighted by Gasteiger charge is 2.29. The van der Waals surface area contributed by atoms with Gasteiger partial charge in [0.2, 0.25) is 0 Å². The molecule has 1 amide bonds. The van der Waals surface area contributed by atoms with E-state index in [2.05, 4.69) is 12.2 Å². The number of unbranched alkanes of at least 4 members (excludes halogenated alkanes) is 5. The van der Waals surface area contributed by atoms with Crippen LogP contribution in [0.15, 0.2) is 0 Å². The SMILES string of the molecule is CCCCCC(O)CCCCCC(O)CCCC(OC(=O)CCCC)C(O)C(=O)NCCS(=O)(=O)O. The van der Waals surface area contributed by atoms with Gasteiger partial charge in [-0.25, -0.2) is 0 Å². The van der Waals surface area contributed by atoms with Crippen molar-refractivity contribution in [2.45, 2.75) is 135 Å². The van der Waals surface area contributed by atoms with Gasteiger partial charge in [-0.2, -0.15) is 8.42 Å². The Morgan fingerprint density at radius 2 is 1.31 bits per heavy atom. The van der Waals surface area contributed by atoms with E-state index in [-0.39, 0.29) is 25.5 Å². The van der Waals surface area contributed by atoms with Crippen LogP contribution in [-0.2, 0) is 24.4 Å². The Kier molecular flexibility index (Phi) is 20.0. The standard InChI is InChI=1S/C25H49NO9S/c1-3-5-8-12-20(27)13-9-7-10-14-21(28)15-11-16-22(35-23(29)17-6-4-2)24(30)25(31)26-18-19-36(32,33)34/h20-22,24,27-28,30H,3-19H2,1-2H3,(H,26,31)(H,32,33,34). The first-order valence-electron chi connectivity index (χ1n) is 13.5. The lowest BCUT2D eigenvalue weighted by Crippen LogP contribution is -2.45. The van der Waals surface area contributed by atoms with Gasteiger partial charge in [-0.05, 0) is 44.9 Å². The molecule has 0 saturated carbocycles. The van der Waals surface area contributed by atoms with E-state index in [4.69, 9.17) is 9.29 Å². The molecule has 214 valence electrons. The van der Waals surface area contributed by atoms with Crippen LogP contribution in [0.1, 0.15) is 110 Å². The van der Waals surface area contributed by atoms with Crippen molar-refractivity contribution < 1.29 is 42.6 Å². The van der Waals surface area contributed by atoms with Gasteiger partial charge in [0.05, 0.1) is 18.0 Å². The summed E-state index contributed by atoms with van der Waals surface area (Å²) in [6.07, 6.45) is 7.09. The molecule has 0 aromatic carbocycles. The number of carbonyl (C=O) groups is 2. The van der Waals surface area contributed by atoms with Crippen LogP contribution in [0.5, 0.6) is 0 Å². The Labute approximate surface area is 216 Å². The molecular weight excluding hydrogens is 490 g/mol. The zero-order chi connectivity index (χ0) is 27.4. The fraction of sp³-hybridized carbons (Fsp3) is 0.920. The minimum absolute atomic E-state index is 0.153. The van der Waals surface area contributed by atoms with Crippen LogP contribution in [0.25, 0.3) is 0 Å². The number of hydrogen-bond donors (Lipinski definition) is 5. The topological polar surface area (TPSA) is 170 Å². The molecule has 0 heterocycles. The van der Waals surface area contributed by atoms with Gasteiger partial charge < -0.3 is 25.4 Å². The zero-order valence-electron chi connectivity index (χ0n) is 22.1. The second-order valence-electron chi connectivity index (χ2n) is 9.53. The van der Waals surface area contributed by atoms with Crippen LogP contribution < -0.4 is 5.32 Å². The Balaban J connectivity index is 4.45. The second-order valence-corrected chi connectivity index (χ2v) is 11.1. The zero-order valence-corrected chi connectivity index (χ0v) is 22.9. The van der Waals surface area contributed by atoms with Crippen molar-refractivity contribution in [2.75, 3.05) is 12.3 Å². The third-order valence-electron chi connectivity index (χ3n) is 6.04. The molecule has 0 rings (SSSR count). The number of ether oxygens (including phenoxy) is 1. The third kappa shape index (κ3) is 19.9. The van der Waals surface area contributed by atoms with Crippen molar-refractivity contribution in [2.24, 2.45) is 0 Å². The van der Waals surface area contributed by atoms with Crippen molar-refractivity contribution in [1.82, 2.24) is 5.32 Å². The molecule has 4 unspecified atom stereocenters. The number of carbonyl (C=O) groups excluding carboxylic acids is 2. The van der Waals surface area contributed by atoms with Crippen LogP contribution in [0, 0.1) is 0 Å². The molecule has 0 aromatic rings. The molecule has 5 N–H and O–H groups in total. The smallest absolute Gasteiger partial charge is 0.306 e. The Morgan fingerprint density at radius 1 is 0.778 bits per heavy atom. The largest absolute Gasteiger partial charge is 0.459 e. The maximum Gasteiger partial charge on any atom is 0.306 e. The summed E-state index contributed by atoms with van der Waals surface area (Å²) in [6, 6.07) is 0. The van der Waals surface area contributed by atoms with E-state index < -0.39 is 46.1 Å². The fourth-order valence-electron chi connectivity index (χ4n) is 3.82. The summed E-state index contributed by atoms with van der Waals surface area (Å²) in [5, 5.41) is 32.8. The molecule has 11 heteroatoms. The van der Waals surface area contributed by atoms with Crippen LogP contribution >= 0.6 is 0 Å². The van der Waals surface area contributed by atoms with Crippen molar-refractivity contribution in [3.8, 4) is 0 Å². The summed E-state index contributed by atoms with van der Waals surface area (Å²) in [4.78, 5) is 24.3. The summed E-state index contributed by atoms with van der Waals surface area (Å²) in [5.41, 5.74) is 0. The average Bonchev–Trinajstić information content (AvgIpc) is 2.80. The molecule has 0 aliphatic rings. The van der Waals surface area contributed by atoms with E-state index in [0.717, 1.165) is 57.8 Å². The predicted molar refractivity (Wildman–Crippen MR) is 138 cm³/mol. The Bertz CT molecular complexity index is 687. The first-order chi connectivity index (χ1) is 17.0. The molecule has 0 aliphatic heterocycles.